The molecule has 8 nitrogen and oxygen atoms in total. The summed E-state index contributed by atoms with van der Waals surface area (Å²) in [5, 5.41) is 2.35. The van der Waals surface area contributed by atoms with Crippen molar-refractivity contribution in [2.24, 2.45) is 17.8 Å². The van der Waals surface area contributed by atoms with Gasteiger partial charge in [0.1, 0.15) is 11.8 Å². The number of fused-ring (bicyclic) bond motifs is 1. The van der Waals surface area contributed by atoms with Crippen molar-refractivity contribution < 1.29 is 37.4 Å². The van der Waals surface area contributed by atoms with Crippen LogP contribution in [0.5, 0.6) is 5.75 Å². The number of benzene rings is 1. The lowest BCUT2D eigenvalue weighted by Gasteiger charge is -2.26. The molecular formula is C23H26F2N2O6. The second kappa shape index (κ2) is 10.5. The maximum atomic E-state index is 12.9. The second-order valence-electron chi connectivity index (χ2n) is 8.38. The number of carbonyl (C=O) groups is 4. The summed E-state index contributed by atoms with van der Waals surface area (Å²) in [6.45, 7) is -0.118. The maximum absolute atomic E-state index is 12.9. The topological polar surface area (TPSA) is 102 Å². The van der Waals surface area contributed by atoms with Gasteiger partial charge in [0.15, 0.2) is 6.61 Å². The molecule has 1 aliphatic heterocycles. The van der Waals surface area contributed by atoms with Crippen LogP contribution in [0.3, 0.4) is 0 Å². The van der Waals surface area contributed by atoms with Crippen molar-refractivity contribution in [2.75, 3.05) is 11.9 Å². The third kappa shape index (κ3) is 5.74. The van der Waals surface area contributed by atoms with Crippen molar-refractivity contribution in [1.29, 1.82) is 0 Å². The third-order valence-corrected chi connectivity index (χ3v) is 5.54. The highest BCUT2D eigenvalue weighted by Crippen LogP contribution is 2.37. The van der Waals surface area contributed by atoms with Gasteiger partial charge in [0.05, 0.1) is 17.5 Å². The molecule has 3 unspecified atom stereocenters. The van der Waals surface area contributed by atoms with Gasteiger partial charge in [-0.25, -0.2) is 4.79 Å². The van der Waals surface area contributed by atoms with Crippen LogP contribution in [0.1, 0.15) is 33.1 Å². The van der Waals surface area contributed by atoms with Gasteiger partial charge in [0, 0.05) is 0 Å². The van der Waals surface area contributed by atoms with E-state index in [1.54, 1.807) is 0 Å². The molecular weight excluding hydrogens is 438 g/mol. The molecule has 1 aromatic rings. The SMILES string of the molecule is CC(C)CC(C(=O)OCC(=O)Nc1ccccc1OC(F)F)N1C(=O)C2CC=CCC2C1=O. The van der Waals surface area contributed by atoms with E-state index in [1.807, 2.05) is 26.0 Å². The predicted molar refractivity (Wildman–Crippen MR) is 113 cm³/mol. The molecule has 1 N–H and O–H groups in total. The summed E-state index contributed by atoms with van der Waals surface area (Å²) in [6.07, 6.45) is 4.78. The molecule has 178 valence electrons. The van der Waals surface area contributed by atoms with E-state index in [9.17, 15) is 28.0 Å². The fraction of sp³-hybridized carbons (Fsp3) is 0.478. The summed E-state index contributed by atoms with van der Waals surface area (Å²) in [5.41, 5.74) is -0.0148. The molecule has 1 fully saturated rings. The van der Waals surface area contributed by atoms with Gasteiger partial charge < -0.3 is 14.8 Å². The largest absolute Gasteiger partial charge is 0.454 e. The van der Waals surface area contributed by atoms with Crippen LogP contribution in [0.4, 0.5) is 14.5 Å². The summed E-state index contributed by atoms with van der Waals surface area (Å²) in [4.78, 5) is 51.9. The first kappa shape index (κ1) is 24.3. The number of esters is 1. The summed E-state index contributed by atoms with van der Waals surface area (Å²) in [5.74, 6) is -3.71. The fourth-order valence-corrected chi connectivity index (χ4v) is 4.07. The molecule has 33 heavy (non-hydrogen) atoms. The minimum absolute atomic E-state index is 0.0148. The van der Waals surface area contributed by atoms with Crippen LogP contribution in [0.2, 0.25) is 0 Å². The number of ether oxygens (including phenoxy) is 2. The number of likely N-dealkylation sites (tertiary alicyclic amines) is 1. The standard InChI is InChI=1S/C23H26F2N2O6/c1-13(2)11-17(27-20(29)14-7-3-4-8-15(14)21(27)30)22(31)32-12-19(28)26-16-9-5-6-10-18(16)33-23(24)25/h3-6,9-10,13-15,17,23H,7-8,11-12H2,1-2H3,(H,26,28). The molecule has 10 heteroatoms. The first-order valence-corrected chi connectivity index (χ1v) is 10.7. The number of nitrogens with one attached hydrogen (secondary N) is 1. The second-order valence-corrected chi connectivity index (χ2v) is 8.38. The smallest absolute Gasteiger partial charge is 0.387 e. The summed E-state index contributed by atoms with van der Waals surface area (Å²) in [7, 11) is 0. The van der Waals surface area contributed by atoms with Gasteiger partial charge in [-0.05, 0) is 37.3 Å². The number of carbonyl (C=O) groups excluding carboxylic acids is 4. The molecule has 0 saturated carbocycles. The number of halogens is 2. The van der Waals surface area contributed by atoms with Crippen molar-refractivity contribution in [1.82, 2.24) is 4.90 Å². The lowest BCUT2D eigenvalue weighted by molar-refractivity contribution is -0.160. The fourth-order valence-electron chi connectivity index (χ4n) is 4.07. The Morgan fingerprint density at radius 2 is 1.70 bits per heavy atom. The number of hydrogen-bond acceptors (Lipinski definition) is 6. The number of nitrogens with zero attached hydrogens (tertiary/aromatic N) is 1. The van der Waals surface area contributed by atoms with Gasteiger partial charge in [-0.15, -0.1) is 0 Å². The van der Waals surface area contributed by atoms with Crippen molar-refractivity contribution >= 4 is 29.4 Å². The van der Waals surface area contributed by atoms with E-state index in [-0.39, 0.29) is 23.8 Å². The van der Waals surface area contributed by atoms with Crippen LogP contribution in [0.15, 0.2) is 36.4 Å². The van der Waals surface area contributed by atoms with E-state index in [1.165, 1.54) is 24.3 Å². The number of rotatable bonds is 9. The van der Waals surface area contributed by atoms with E-state index in [4.69, 9.17) is 4.74 Å². The van der Waals surface area contributed by atoms with E-state index in [0.29, 0.717) is 12.8 Å². The number of para-hydroxylation sites is 2. The predicted octanol–water partition coefficient (Wildman–Crippen LogP) is 3.14. The lowest BCUT2D eigenvalue weighted by Crippen LogP contribution is -2.47. The Hall–Kier alpha value is -3.30. The normalized spacial score (nSPS) is 20.7. The monoisotopic (exact) mass is 464 g/mol. The lowest BCUT2D eigenvalue weighted by atomic mass is 9.85. The average Bonchev–Trinajstić information content (AvgIpc) is 3.01. The molecule has 1 heterocycles. The Balaban J connectivity index is 1.66. The third-order valence-electron chi connectivity index (χ3n) is 5.54. The Morgan fingerprint density at radius 1 is 1.09 bits per heavy atom. The van der Waals surface area contributed by atoms with Crippen molar-refractivity contribution in [3.05, 3.63) is 36.4 Å². The number of amides is 3. The molecule has 1 aliphatic carbocycles. The van der Waals surface area contributed by atoms with Gasteiger partial charge in [0.2, 0.25) is 11.8 Å². The first-order valence-electron chi connectivity index (χ1n) is 10.7. The van der Waals surface area contributed by atoms with Crippen molar-refractivity contribution in [2.45, 2.75) is 45.8 Å². The molecule has 3 rings (SSSR count). The van der Waals surface area contributed by atoms with Crippen LogP contribution in [0, 0.1) is 17.8 Å². The van der Waals surface area contributed by atoms with Crippen LogP contribution >= 0.6 is 0 Å². The first-order chi connectivity index (χ1) is 15.7. The molecule has 3 atom stereocenters. The minimum atomic E-state index is -3.08. The molecule has 3 amide bonds. The van der Waals surface area contributed by atoms with Gasteiger partial charge >= 0.3 is 12.6 Å². The van der Waals surface area contributed by atoms with Gasteiger partial charge in [-0.3, -0.25) is 19.3 Å². The molecule has 2 aliphatic rings. The zero-order valence-electron chi connectivity index (χ0n) is 18.3. The Bertz CT molecular complexity index is 923. The van der Waals surface area contributed by atoms with Crippen molar-refractivity contribution in [3.63, 3.8) is 0 Å². The van der Waals surface area contributed by atoms with Gasteiger partial charge in [0.25, 0.3) is 5.91 Å². The number of allylic oxidation sites excluding steroid dienone is 2. The number of hydrogen-bond donors (Lipinski definition) is 1. The average molecular weight is 464 g/mol. The summed E-state index contributed by atoms with van der Waals surface area (Å²) < 4.78 is 34.5. The zero-order chi connectivity index (χ0) is 24.1. The quantitative estimate of drug-likeness (QED) is 0.342. The molecule has 0 bridgehead atoms. The van der Waals surface area contributed by atoms with E-state index in [0.717, 1.165) is 4.90 Å². The van der Waals surface area contributed by atoms with Crippen LogP contribution in [-0.2, 0) is 23.9 Å². The molecule has 1 saturated heterocycles. The molecule has 0 spiro atoms. The Kier molecular flexibility index (Phi) is 7.78. The van der Waals surface area contributed by atoms with Gasteiger partial charge in [-0.2, -0.15) is 8.78 Å². The number of imide groups is 1. The van der Waals surface area contributed by atoms with Crippen LogP contribution in [-0.4, -0.2) is 47.9 Å². The zero-order valence-corrected chi connectivity index (χ0v) is 18.3. The van der Waals surface area contributed by atoms with Gasteiger partial charge in [-0.1, -0.05) is 38.1 Å². The highest BCUT2D eigenvalue weighted by molar-refractivity contribution is 6.08. The number of anilines is 1. The Morgan fingerprint density at radius 3 is 2.27 bits per heavy atom. The highest BCUT2D eigenvalue weighted by Gasteiger charge is 2.51. The summed E-state index contributed by atoms with van der Waals surface area (Å²) >= 11 is 0. The maximum Gasteiger partial charge on any atom is 0.387 e. The van der Waals surface area contributed by atoms with Crippen LogP contribution in [0.25, 0.3) is 0 Å². The number of alkyl halides is 2. The summed E-state index contributed by atoms with van der Waals surface area (Å²) in [6, 6.07) is 4.44. The van der Waals surface area contributed by atoms with Crippen LogP contribution < -0.4 is 10.1 Å². The molecule has 1 aromatic carbocycles. The van der Waals surface area contributed by atoms with Crippen molar-refractivity contribution in [3.8, 4) is 5.75 Å². The van der Waals surface area contributed by atoms with E-state index >= 15 is 0 Å². The highest BCUT2D eigenvalue weighted by atomic mass is 19.3. The minimum Gasteiger partial charge on any atom is -0.454 e. The molecule has 0 aromatic heterocycles. The van der Waals surface area contributed by atoms with E-state index in [2.05, 4.69) is 10.1 Å². The Labute approximate surface area is 189 Å². The van der Waals surface area contributed by atoms with E-state index < -0.39 is 54.8 Å². The molecule has 0 radical (unpaired) electrons.